The van der Waals surface area contributed by atoms with Crippen LogP contribution in [0.3, 0.4) is 0 Å². The Morgan fingerprint density at radius 1 is 0.900 bits per heavy atom. The van der Waals surface area contributed by atoms with Crippen LogP contribution in [0.15, 0.2) is 65.6 Å². The first-order valence-electron chi connectivity index (χ1n) is 6.54. The van der Waals surface area contributed by atoms with Crippen molar-refractivity contribution >= 4 is 9.84 Å². The van der Waals surface area contributed by atoms with E-state index in [9.17, 15) is 13.5 Å². The third-order valence-electron chi connectivity index (χ3n) is 3.18. The van der Waals surface area contributed by atoms with E-state index in [-0.39, 0.29) is 18.3 Å². The zero-order valence-corrected chi connectivity index (χ0v) is 12.0. The van der Waals surface area contributed by atoms with Crippen molar-refractivity contribution in [1.29, 1.82) is 0 Å². The summed E-state index contributed by atoms with van der Waals surface area (Å²) in [5.74, 6) is -0.329. The molecule has 0 aliphatic carbocycles. The van der Waals surface area contributed by atoms with Crippen LogP contribution in [-0.4, -0.2) is 25.9 Å². The highest BCUT2D eigenvalue weighted by Gasteiger charge is 2.20. The number of hydrogen-bond donors (Lipinski definition) is 1. The van der Waals surface area contributed by atoms with Gasteiger partial charge in [-0.25, -0.2) is 8.42 Å². The highest BCUT2D eigenvalue weighted by Crippen LogP contribution is 2.17. The van der Waals surface area contributed by atoms with E-state index in [1.54, 1.807) is 30.3 Å². The number of rotatable bonds is 6. The molecule has 0 heterocycles. The number of benzene rings is 2. The number of sulfone groups is 1. The maximum Gasteiger partial charge on any atom is 0.178 e. The van der Waals surface area contributed by atoms with Crippen molar-refractivity contribution in [2.75, 3.05) is 12.4 Å². The summed E-state index contributed by atoms with van der Waals surface area (Å²) in [6, 6.07) is 18.0. The van der Waals surface area contributed by atoms with Crippen LogP contribution in [0.2, 0.25) is 0 Å². The van der Waals surface area contributed by atoms with Gasteiger partial charge in [-0.1, -0.05) is 48.5 Å². The van der Waals surface area contributed by atoms with E-state index in [1.807, 2.05) is 30.3 Å². The maximum absolute atomic E-state index is 12.3. The second-order valence-electron chi connectivity index (χ2n) is 4.83. The van der Waals surface area contributed by atoms with Crippen LogP contribution in [0.5, 0.6) is 0 Å². The van der Waals surface area contributed by atoms with Gasteiger partial charge < -0.3 is 5.11 Å². The van der Waals surface area contributed by atoms with Crippen molar-refractivity contribution in [3.05, 3.63) is 66.2 Å². The maximum atomic E-state index is 12.3. The van der Waals surface area contributed by atoms with E-state index >= 15 is 0 Å². The van der Waals surface area contributed by atoms with Crippen LogP contribution < -0.4 is 0 Å². The molecule has 0 aromatic heterocycles. The lowest BCUT2D eigenvalue weighted by atomic mass is 10.0. The normalized spacial score (nSPS) is 13.1. The molecule has 0 aliphatic rings. The van der Waals surface area contributed by atoms with Crippen LogP contribution in [0.4, 0.5) is 0 Å². The molecule has 0 amide bonds. The Morgan fingerprint density at radius 2 is 1.45 bits per heavy atom. The summed E-state index contributed by atoms with van der Waals surface area (Å²) >= 11 is 0. The van der Waals surface area contributed by atoms with Crippen molar-refractivity contribution in [1.82, 2.24) is 0 Å². The molecule has 20 heavy (non-hydrogen) atoms. The average Bonchev–Trinajstić information content (AvgIpc) is 2.48. The van der Waals surface area contributed by atoms with Crippen molar-refractivity contribution in [3.8, 4) is 0 Å². The van der Waals surface area contributed by atoms with Crippen molar-refractivity contribution < 1.29 is 13.5 Å². The van der Waals surface area contributed by atoms with Crippen LogP contribution in [-0.2, 0) is 16.3 Å². The summed E-state index contributed by atoms with van der Waals surface area (Å²) in [6.45, 7) is -0.138. The van der Waals surface area contributed by atoms with Gasteiger partial charge in [-0.2, -0.15) is 0 Å². The lowest BCUT2D eigenvalue weighted by Gasteiger charge is -2.14. The fourth-order valence-electron chi connectivity index (χ4n) is 2.16. The summed E-state index contributed by atoms with van der Waals surface area (Å²) in [4.78, 5) is 0.312. The minimum absolute atomic E-state index is 0.0393. The molecule has 4 heteroatoms. The van der Waals surface area contributed by atoms with E-state index in [0.717, 1.165) is 5.56 Å². The van der Waals surface area contributed by atoms with Gasteiger partial charge in [0, 0.05) is 12.5 Å². The summed E-state index contributed by atoms with van der Waals surface area (Å²) in [5.41, 5.74) is 1.04. The molecule has 3 nitrogen and oxygen atoms in total. The van der Waals surface area contributed by atoms with Crippen molar-refractivity contribution in [3.63, 3.8) is 0 Å². The first-order chi connectivity index (χ1) is 9.62. The second kappa shape index (κ2) is 6.68. The monoisotopic (exact) mass is 290 g/mol. The van der Waals surface area contributed by atoms with Crippen LogP contribution in [0.25, 0.3) is 0 Å². The van der Waals surface area contributed by atoms with Gasteiger partial charge >= 0.3 is 0 Å². The topological polar surface area (TPSA) is 54.4 Å². The molecule has 0 spiro atoms. The predicted octanol–water partition coefficient (Wildman–Crippen LogP) is 2.31. The first-order valence-corrected chi connectivity index (χ1v) is 8.19. The van der Waals surface area contributed by atoms with Crippen molar-refractivity contribution in [2.24, 2.45) is 5.92 Å². The van der Waals surface area contributed by atoms with Gasteiger partial charge in [0.1, 0.15) is 0 Å². The minimum Gasteiger partial charge on any atom is -0.396 e. The molecule has 0 aliphatic heterocycles. The Labute approximate surface area is 119 Å². The van der Waals surface area contributed by atoms with Crippen LogP contribution >= 0.6 is 0 Å². The van der Waals surface area contributed by atoms with Gasteiger partial charge in [-0.15, -0.1) is 0 Å². The lowest BCUT2D eigenvalue weighted by molar-refractivity contribution is 0.238. The number of aliphatic hydroxyl groups is 1. The van der Waals surface area contributed by atoms with E-state index < -0.39 is 9.84 Å². The Bertz CT molecular complexity index is 621. The largest absolute Gasteiger partial charge is 0.396 e. The Kier molecular flexibility index (Phi) is 4.93. The molecule has 2 rings (SSSR count). The van der Waals surface area contributed by atoms with E-state index in [0.29, 0.717) is 11.3 Å². The SMILES string of the molecule is O=S(=O)(C[C@H](CO)Cc1ccccc1)c1ccccc1. The summed E-state index contributed by atoms with van der Waals surface area (Å²) in [5, 5.41) is 9.43. The van der Waals surface area contributed by atoms with Crippen LogP contribution in [0, 0.1) is 5.92 Å². The smallest absolute Gasteiger partial charge is 0.178 e. The molecule has 0 saturated heterocycles. The molecule has 0 radical (unpaired) electrons. The molecule has 2 aromatic carbocycles. The molecule has 0 fully saturated rings. The Morgan fingerprint density at radius 3 is 2.00 bits per heavy atom. The summed E-state index contributed by atoms with van der Waals surface area (Å²) in [6.07, 6.45) is 0.559. The highest BCUT2D eigenvalue weighted by atomic mass is 32.2. The third kappa shape index (κ3) is 3.92. The standard InChI is InChI=1S/C16H18O3S/c17-12-15(11-14-7-3-1-4-8-14)13-20(18,19)16-9-5-2-6-10-16/h1-10,15,17H,11-13H2/t15-/m0/s1. The number of aliphatic hydroxyl groups excluding tert-OH is 1. The fourth-order valence-corrected chi connectivity index (χ4v) is 3.77. The fraction of sp³-hybridized carbons (Fsp3) is 0.250. The zero-order valence-electron chi connectivity index (χ0n) is 11.1. The lowest BCUT2D eigenvalue weighted by Crippen LogP contribution is -2.21. The van der Waals surface area contributed by atoms with E-state index in [1.165, 1.54) is 0 Å². The minimum atomic E-state index is -3.35. The molecular weight excluding hydrogens is 272 g/mol. The van der Waals surface area contributed by atoms with Crippen molar-refractivity contribution in [2.45, 2.75) is 11.3 Å². The second-order valence-corrected chi connectivity index (χ2v) is 6.87. The predicted molar refractivity (Wildman–Crippen MR) is 79.2 cm³/mol. The zero-order chi connectivity index (χ0) is 14.4. The van der Waals surface area contributed by atoms with E-state index in [2.05, 4.69) is 0 Å². The molecule has 0 unspecified atom stereocenters. The van der Waals surface area contributed by atoms with Gasteiger partial charge in [-0.3, -0.25) is 0 Å². The quantitative estimate of drug-likeness (QED) is 0.888. The number of hydrogen-bond acceptors (Lipinski definition) is 3. The van der Waals surface area contributed by atoms with Crippen LogP contribution in [0.1, 0.15) is 5.56 Å². The Balaban J connectivity index is 2.10. The van der Waals surface area contributed by atoms with Gasteiger partial charge in [-0.05, 0) is 24.1 Å². The summed E-state index contributed by atoms with van der Waals surface area (Å²) in [7, 11) is -3.35. The first kappa shape index (κ1) is 14.8. The molecule has 1 atom stereocenters. The molecule has 106 valence electrons. The highest BCUT2D eigenvalue weighted by molar-refractivity contribution is 7.91. The van der Waals surface area contributed by atoms with Gasteiger partial charge in [0.15, 0.2) is 9.84 Å². The van der Waals surface area contributed by atoms with E-state index in [4.69, 9.17) is 0 Å². The van der Waals surface area contributed by atoms with Gasteiger partial charge in [0.05, 0.1) is 10.6 Å². The Hall–Kier alpha value is -1.65. The molecule has 2 aromatic rings. The summed E-state index contributed by atoms with van der Waals surface area (Å²) < 4.78 is 24.6. The van der Waals surface area contributed by atoms with Gasteiger partial charge in [0.2, 0.25) is 0 Å². The molecule has 0 saturated carbocycles. The molecule has 0 bridgehead atoms. The molecule has 1 N–H and O–H groups in total. The molecular formula is C16H18O3S. The average molecular weight is 290 g/mol. The van der Waals surface area contributed by atoms with Gasteiger partial charge in [0.25, 0.3) is 0 Å². The third-order valence-corrected chi connectivity index (χ3v) is 5.08.